The lowest BCUT2D eigenvalue weighted by Gasteiger charge is -2.29. The van der Waals surface area contributed by atoms with Gasteiger partial charge in [-0.3, -0.25) is 0 Å². The molecule has 0 aliphatic rings. The minimum absolute atomic E-state index is 0.0145. The summed E-state index contributed by atoms with van der Waals surface area (Å²) in [5.41, 5.74) is 1.11. The lowest BCUT2D eigenvalue weighted by molar-refractivity contribution is 0.0696. The molecule has 0 aliphatic heterocycles. The maximum absolute atomic E-state index is 12.2. The van der Waals surface area contributed by atoms with E-state index in [1.807, 2.05) is 6.92 Å². The topological polar surface area (TPSA) is 70.1 Å². The number of carboxylic acids is 1. The fourth-order valence-corrected chi connectivity index (χ4v) is 1.91. The Labute approximate surface area is 124 Å². The molecule has 21 heavy (non-hydrogen) atoms. The summed E-state index contributed by atoms with van der Waals surface area (Å²) < 4.78 is 5.04. The van der Waals surface area contributed by atoms with Crippen LogP contribution in [0.2, 0.25) is 0 Å². The predicted molar refractivity (Wildman–Crippen MR) is 79.4 cm³/mol. The molecule has 6 heteroatoms. The molecule has 1 atom stereocenters. The zero-order chi connectivity index (χ0) is 16.0. The first-order chi connectivity index (χ1) is 9.86. The van der Waals surface area contributed by atoms with Gasteiger partial charge in [-0.05, 0) is 24.6 Å². The first-order valence-corrected chi connectivity index (χ1v) is 6.66. The van der Waals surface area contributed by atoms with Crippen LogP contribution in [-0.2, 0) is 11.3 Å². The van der Waals surface area contributed by atoms with E-state index in [1.54, 1.807) is 43.1 Å². The van der Waals surface area contributed by atoms with Gasteiger partial charge in [0.1, 0.15) is 0 Å². The van der Waals surface area contributed by atoms with Gasteiger partial charge in [0.05, 0.1) is 18.2 Å². The van der Waals surface area contributed by atoms with Gasteiger partial charge in [-0.2, -0.15) is 0 Å². The molecule has 2 amide bonds. The molecule has 1 rings (SSSR count). The molecule has 116 valence electrons. The molecule has 0 saturated heterocycles. The van der Waals surface area contributed by atoms with Crippen LogP contribution in [0, 0.1) is 0 Å². The average molecular weight is 294 g/mol. The van der Waals surface area contributed by atoms with Crippen LogP contribution in [0.3, 0.4) is 0 Å². The van der Waals surface area contributed by atoms with E-state index in [1.165, 1.54) is 12.1 Å². The number of hydrogen-bond acceptors (Lipinski definition) is 3. The van der Waals surface area contributed by atoms with Gasteiger partial charge in [-0.25, -0.2) is 9.59 Å². The number of carbonyl (C=O) groups is 2. The molecule has 0 bridgehead atoms. The third-order valence-electron chi connectivity index (χ3n) is 3.32. The maximum atomic E-state index is 12.2. The van der Waals surface area contributed by atoms with Gasteiger partial charge >= 0.3 is 12.0 Å². The highest BCUT2D eigenvalue weighted by Gasteiger charge is 2.19. The monoisotopic (exact) mass is 294 g/mol. The number of ether oxygens (including phenoxy) is 1. The smallest absolute Gasteiger partial charge is 0.335 e. The van der Waals surface area contributed by atoms with E-state index in [0.717, 1.165) is 5.56 Å². The Balaban J connectivity index is 2.65. The van der Waals surface area contributed by atoms with E-state index in [4.69, 9.17) is 9.84 Å². The lowest BCUT2D eigenvalue weighted by Crippen LogP contribution is -2.44. The van der Waals surface area contributed by atoms with E-state index in [9.17, 15) is 9.59 Å². The first-order valence-electron chi connectivity index (χ1n) is 6.66. The van der Waals surface area contributed by atoms with Crippen molar-refractivity contribution >= 4 is 12.0 Å². The number of benzene rings is 1. The van der Waals surface area contributed by atoms with Crippen molar-refractivity contribution in [2.75, 3.05) is 27.8 Å². The number of carboxylic acid groups (broad SMARTS) is 1. The van der Waals surface area contributed by atoms with Gasteiger partial charge in [-0.15, -0.1) is 0 Å². The summed E-state index contributed by atoms with van der Waals surface area (Å²) in [6.07, 6.45) is 0. The van der Waals surface area contributed by atoms with Crippen molar-refractivity contribution in [3.8, 4) is 0 Å². The molecule has 0 heterocycles. The number of nitrogens with zero attached hydrogens (tertiary/aromatic N) is 2. The summed E-state index contributed by atoms with van der Waals surface area (Å²) in [5, 5.41) is 8.85. The third kappa shape index (κ3) is 4.75. The Bertz CT molecular complexity index is 487. The van der Waals surface area contributed by atoms with Crippen LogP contribution in [0.25, 0.3) is 0 Å². The number of rotatable bonds is 6. The van der Waals surface area contributed by atoms with Crippen LogP contribution in [0.5, 0.6) is 0 Å². The second kappa shape index (κ2) is 7.64. The number of methoxy groups -OCH3 is 1. The van der Waals surface area contributed by atoms with Crippen molar-refractivity contribution < 1.29 is 19.4 Å². The molecule has 0 aliphatic carbocycles. The third-order valence-corrected chi connectivity index (χ3v) is 3.32. The summed E-state index contributed by atoms with van der Waals surface area (Å²) in [4.78, 5) is 26.2. The van der Waals surface area contributed by atoms with Crippen LogP contribution in [0.15, 0.2) is 24.3 Å². The Morgan fingerprint density at radius 2 is 1.81 bits per heavy atom. The number of urea groups is 1. The van der Waals surface area contributed by atoms with E-state index in [-0.39, 0.29) is 17.6 Å². The SMILES string of the molecule is COCC(C)N(C)C(=O)N(C)Cc1ccc(C(=O)O)cc1. The van der Waals surface area contributed by atoms with Gasteiger partial charge < -0.3 is 19.6 Å². The Morgan fingerprint density at radius 1 is 1.24 bits per heavy atom. The van der Waals surface area contributed by atoms with E-state index < -0.39 is 5.97 Å². The van der Waals surface area contributed by atoms with Crippen LogP contribution < -0.4 is 0 Å². The van der Waals surface area contributed by atoms with Crippen LogP contribution in [-0.4, -0.2) is 60.8 Å². The zero-order valence-electron chi connectivity index (χ0n) is 12.9. The van der Waals surface area contributed by atoms with E-state index in [0.29, 0.717) is 13.2 Å². The summed E-state index contributed by atoms with van der Waals surface area (Å²) >= 11 is 0. The van der Waals surface area contributed by atoms with Gasteiger partial charge in [-0.1, -0.05) is 12.1 Å². The predicted octanol–water partition coefficient (Wildman–Crippen LogP) is 1.90. The van der Waals surface area contributed by atoms with Gasteiger partial charge in [0.2, 0.25) is 0 Å². The molecule has 6 nitrogen and oxygen atoms in total. The normalized spacial score (nSPS) is 11.8. The quantitative estimate of drug-likeness (QED) is 0.870. The molecule has 0 radical (unpaired) electrons. The number of carbonyl (C=O) groups excluding carboxylic acids is 1. The van der Waals surface area contributed by atoms with Gasteiger partial charge in [0.25, 0.3) is 0 Å². The second-order valence-electron chi connectivity index (χ2n) is 5.06. The number of likely N-dealkylation sites (N-methyl/N-ethyl adjacent to an activating group) is 1. The Hall–Kier alpha value is -2.08. The van der Waals surface area contributed by atoms with Crippen LogP contribution >= 0.6 is 0 Å². The molecule has 1 aromatic rings. The largest absolute Gasteiger partial charge is 0.478 e. The Morgan fingerprint density at radius 3 is 2.29 bits per heavy atom. The second-order valence-corrected chi connectivity index (χ2v) is 5.06. The minimum atomic E-state index is -0.959. The fraction of sp³-hybridized carbons (Fsp3) is 0.467. The molecule has 0 fully saturated rings. The van der Waals surface area contributed by atoms with E-state index in [2.05, 4.69) is 0 Å². The van der Waals surface area contributed by atoms with Crippen molar-refractivity contribution in [3.63, 3.8) is 0 Å². The molecule has 0 spiro atoms. The van der Waals surface area contributed by atoms with Gasteiger partial charge in [0, 0.05) is 27.7 Å². The van der Waals surface area contributed by atoms with Crippen molar-refractivity contribution in [2.45, 2.75) is 19.5 Å². The molecule has 1 aromatic carbocycles. The number of amides is 2. The minimum Gasteiger partial charge on any atom is -0.478 e. The number of aromatic carboxylic acids is 1. The zero-order valence-corrected chi connectivity index (χ0v) is 12.9. The summed E-state index contributed by atoms with van der Waals surface area (Å²) in [7, 11) is 5.04. The van der Waals surface area contributed by atoms with Gasteiger partial charge in [0.15, 0.2) is 0 Å². The molecule has 1 unspecified atom stereocenters. The first kappa shape index (κ1) is 17.0. The van der Waals surface area contributed by atoms with Crippen LogP contribution in [0.4, 0.5) is 4.79 Å². The average Bonchev–Trinajstić information content (AvgIpc) is 2.46. The highest BCUT2D eigenvalue weighted by atomic mass is 16.5. The highest BCUT2D eigenvalue weighted by molar-refractivity contribution is 5.87. The summed E-state index contributed by atoms with van der Waals surface area (Å²) in [6.45, 7) is 2.81. The standard InChI is InChI=1S/C15H22N2O4/c1-11(10-21-4)17(3)15(20)16(2)9-12-5-7-13(8-6-12)14(18)19/h5-8,11H,9-10H2,1-4H3,(H,18,19). The fourth-order valence-electron chi connectivity index (χ4n) is 1.91. The van der Waals surface area contributed by atoms with Crippen molar-refractivity contribution in [1.82, 2.24) is 9.80 Å². The number of hydrogen-bond donors (Lipinski definition) is 1. The summed E-state index contributed by atoms with van der Waals surface area (Å²) in [5.74, 6) is -0.959. The maximum Gasteiger partial charge on any atom is 0.335 e. The van der Waals surface area contributed by atoms with E-state index >= 15 is 0 Å². The molecule has 1 N–H and O–H groups in total. The summed E-state index contributed by atoms with van der Waals surface area (Å²) in [6, 6.07) is 6.37. The van der Waals surface area contributed by atoms with Crippen molar-refractivity contribution in [3.05, 3.63) is 35.4 Å². The molecular formula is C15H22N2O4. The van der Waals surface area contributed by atoms with Crippen molar-refractivity contribution in [2.24, 2.45) is 0 Å². The molecular weight excluding hydrogens is 272 g/mol. The Kier molecular flexibility index (Phi) is 6.17. The highest BCUT2D eigenvalue weighted by Crippen LogP contribution is 2.09. The van der Waals surface area contributed by atoms with Crippen LogP contribution in [0.1, 0.15) is 22.8 Å². The lowest BCUT2D eigenvalue weighted by atomic mass is 10.1. The van der Waals surface area contributed by atoms with Crippen molar-refractivity contribution in [1.29, 1.82) is 0 Å². The molecule has 0 aromatic heterocycles. The molecule has 0 saturated carbocycles.